The Bertz CT molecular complexity index is 682. The van der Waals surface area contributed by atoms with Crippen LogP contribution in [0.3, 0.4) is 0 Å². The van der Waals surface area contributed by atoms with Gasteiger partial charge in [-0.1, -0.05) is 55.0 Å². The highest BCUT2D eigenvalue weighted by Crippen LogP contribution is 2.21. The van der Waals surface area contributed by atoms with Crippen molar-refractivity contribution >= 4 is 5.91 Å². The molecule has 2 aromatic rings. The van der Waals surface area contributed by atoms with Crippen LogP contribution in [0.5, 0.6) is 5.75 Å². The minimum atomic E-state index is -0.458. The molecule has 0 aliphatic carbocycles. The van der Waals surface area contributed by atoms with Crippen LogP contribution in [0, 0.1) is 13.8 Å². The first kappa shape index (κ1) is 19.0. The third kappa shape index (κ3) is 5.93. The van der Waals surface area contributed by atoms with Crippen molar-refractivity contribution in [3.8, 4) is 5.75 Å². The predicted molar refractivity (Wildman–Crippen MR) is 103 cm³/mol. The molecule has 1 amide bonds. The Kier molecular flexibility index (Phi) is 7.05. The predicted octanol–water partition coefficient (Wildman–Crippen LogP) is 4.60. The van der Waals surface area contributed by atoms with E-state index in [0.29, 0.717) is 6.42 Å². The Morgan fingerprint density at radius 1 is 1.12 bits per heavy atom. The van der Waals surface area contributed by atoms with Crippen molar-refractivity contribution in [3.63, 3.8) is 0 Å². The van der Waals surface area contributed by atoms with Gasteiger partial charge in [-0.25, -0.2) is 0 Å². The molecule has 0 fully saturated rings. The van der Waals surface area contributed by atoms with Crippen LogP contribution in [0.15, 0.2) is 48.5 Å². The first-order valence-electron chi connectivity index (χ1n) is 9.07. The topological polar surface area (TPSA) is 38.3 Å². The summed E-state index contributed by atoms with van der Waals surface area (Å²) >= 11 is 0. The van der Waals surface area contributed by atoms with Crippen LogP contribution in [0.1, 0.15) is 43.4 Å². The van der Waals surface area contributed by atoms with Crippen LogP contribution in [0.4, 0.5) is 0 Å². The standard InChI is InChI=1S/C22H29NO2/c1-5-20(25-21-14-11-16(2)15-17(21)3)22(24)23-18(4)12-13-19-9-7-6-8-10-19/h6-11,14-15,18,20H,5,12-13H2,1-4H3,(H,23,24)/t18-,20-/m1/s1. The zero-order chi connectivity index (χ0) is 18.2. The van der Waals surface area contributed by atoms with E-state index in [0.717, 1.165) is 24.2 Å². The van der Waals surface area contributed by atoms with E-state index in [2.05, 4.69) is 30.4 Å². The highest BCUT2D eigenvalue weighted by atomic mass is 16.5. The quantitative estimate of drug-likeness (QED) is 0.763. The molecule has 0 aliphatic heterocycles. The van der Waals surface area contributed by atoms with Gasteiger partial charge >= 0.3 is 0 Å². The molecule has 0 bridgehead atoms. The van der Waals surface area contributed by atoms with Crippen LogP contribution in [0.25, 0.3) is 0 Å². The van der Waals surface area contributed by atoms with E-state index in [9.17, 15) is 4.79 Å². The lowest BCUT2D eigenvalue weighted by Gasteiger charge is -2.21. The third-order valence-electron chi connectivity index (χ3n) is 4.36. The molecule has 2 atom stereocenters. The van der Waals surface area contributed by atoms with Crippen molar-refractivity contribution in [1.29, 1.82) is 0 Å². The fraction of sp³-hybridized carbons (Fsp3) is 0.409. The average Bonchev–Trinajstić information content (AvgIpc) is 2.60. The lowest BCUT2D eigenvalue weighted by molar-refractivity contribution is -0.128. The number of rotatable bonds is 8. The Labute approximate surface area is 151 Å². The molecular formula is C22H29NO2. The number of nitrogens with one attached hydrogen (secondary N) is 1. The number of ether oxygens (including phenoxy) is 1. The van der Waals surface area contributed by atoms with Crippen molar-refractivity contribution < 1.29 is 9.53 Å². The molecule has 3 heteroatoms. The smallest absolute Gasteiger partial charge is 0.261 e. The molecule has 3 nitrogen and oxygen atoms in total. The number of hydrogen-bond donors (Lipinski definition) is 1. The molecule has 0 aromatic heterocycles. The Hall–Kier alpha value is -2.29. The lowest BCUT2D eigenvalue weighted by atomic mass is 10.1. The van der Waals surface area contributed by atoms with Gasteiger partial charge in [-0.05, 0) is 57.2 Å². The number of carbonyl (C=O) groups excluding carboxylic acids is 1. The van der Waals surface area contributed by atoms with E-state index in [4.69, 9.17) is 4.74 Å². The summed E-state index contributed by atoms with van der Waals surface area (Å²) in [5.41, 5.74) is 3.54. The maximum Gasteiger partial charge on any atom is 0.261 e. The molecular weight excluding hydrogens is 310 g/mol. The zero-order valence-corrected chi connectivity index (χ0v) is 15.7. The maximum atomic E-state index is 12.5. The zero-order valence-electron chi connectivity index (χ0n) is 15.7. The van der Waals surface area contributed by atoms with Crippen LogP contribution in [-0.2, 0) is 11.2 Å². The SMILES string of the molecule is CC[C@@H](Oc1ccc(C)cc1C)C(=O)N[C@H](C)CCc1ccccc1. The van der Waals surface area contributed by atoms with Gasteiger partial charge in [-0.2, -0.15) is 0 Å². The molecule has 25 heavy (non-hydrogen) atoms. The van der Waals surface area contributed by atoms with Crippen LogP contribution >= 0.6 is 0 Å². The summed E-state index contributed by atoms with van der Waals surface area (Å²) in [7, 11) is 0. The highest BCUT2D eigenvalue weighted by Gasteiger charge is 2.20. The molecule has 0 unspecified atom stereocenters. The van der Waals surface area contributed by atoms with Crippen molar-refractivity contribution in [2.75, 3.05) is 0 Å². The van der Waals surface area contributed by atoms with E-state index in [-0.39, 0.29) is 11.9 Å². The van der Waals surface area contributed by atoms with Gasteiger partial charge in [0.05, 0.1) is 0 Å². The molecule has 0 radical (unpaired) electrons. The van der Waals surface area contributed by atoms with Gasteiger partial charge in [0.15, 0.2) is 6.10 Å². The first-order chi connectivity index (χ1) is 12.0. The molecule has 2 rings (SSSR count). The van der Waals surface area contributed by atoms with Gasteiger partial charge < -0.3 is 10.1 Å². The second kappa shape index (κ2) is 9.26. The van der Waals surface area contributed by atoms with E-state index < -0.39 is 6.10 Å². The maximum absolute atomic E-state index is 12.5. The molecule has 1 N–H and O–H groups in total. The van der Waals surface area contributed by atoms with Crippen LogP contribution in [0.2, 0.25) is 0 Å². The molecule has 0 spiro atoms. The molecule has 2 aromatic carbocycles. The Morgan fingerprint density at radius 3 is 2.48 bits per heavy atom. The van der Waals surface area contributed by atoms with E-state index >= 15 is 0 Å². The van der Waals surface area contributed by atoms with Gasteiger partial charge in [0, 0.05) is 6.04 Å². The number of aryl methyl sites for hydroxylation is 3. The summed E-state index contributed by atoms with van der Waals surface area (Å²) in [5, 5.41) is 3.09. The van der Waals surface area contributed by atoms with Crippen LogP contribution < -0.4 is 10.1 Å². The minimum Gasteiger partial charge on any atom is -0.480 e. The van der Waals surface area contributed by atoms with E-state index in [1.807, 2.05) is 51.1 Å². The Morgan fingerprint density at radius 2 is 1.84 bits per heavy atom. The summed E-state index contributed by atoms with van der Waals surface area (Å²) in [6, 6.07) is 16.5. The summed E-state index contributed by atoms with van der Waals surface area (Å²) in [6.07, 6.45) is 2.05. The van der Waals surface area contributed by atoms with Crippen molar-refractivity contribution in [3.05, 3.63) is 65.2 Å². The van der Waals surface area contributed by atoms with Crippen molar-refractivity contribution in [2.24, 2.45) is 0 Å². The van der Waals surface area contributed by atoms with Gasteiger partial charge in [0.1, 0.15) is 5.75 Å². The second-order valence-corrected chi connectivity index (χ2v) is 6.72. The summed E-state index contributed by atoms with van der Waals surface area (Å²) in [6.45, 7) is 8.08. The van der Waals surface area contributed by atoms with Crippen molar-refractivity contribution in [2.45, 2.75) is 59.1 Å². The lowest BCUT2D eigenvalue weighted by Crippen LogP contribution is -2.42. The minimum absolute atomic E-state index is 0.0389. The molecule has 0 saturated heterocycles. The number of hydrogen-bond acceptors (Lipinski definition) is 2. The monoisotopic (exact) mass is 339 g/mol. The molecule has 134 valence electrons. The van der Waals surface area contributed by atoms with Gasteiger partial charge in [0.25, 0.3) is 5.91 Å². The number of amides is 1. The average molecular weight is 339 g/mol. The Balaban J connectivity index is 1.88. The normalized spacial score (nSPS) is 13.1. The molecule has 0 saturated carbocycles. The summed E-state index contributed by atoms with van der Waals surface area (Å²) < 4.78 is 5.96. The van der Waals surface area contributed by atoms with Gasteiger partial charge in [-0.3, -0.25) is 4.79 Å². The third-order valence-corrected chi connectivity index (χ3v) is 4.36. The van der Waals surface area contributed by atoms with Gasteiger partial charge in [-0.15, -0.1) is 0 Å². The summed E-state index contributed by atoms with van der Waals surface area (Å²) in [5.74, 6) is 0.743. The fourth-order valence-electron chi connectivity index (χ4n) is 2.84. The van der Waals surface area contributed by atoms with Crippen molar-refractivity contribution in [1.82, 2.24) is 5.32 Å². The van der Waals surface area contributed by atoms with Gasteiger partial charge in [0.2, 0.25) is 0 Å². The molecule has 0 heterocycles. The summed E-state index contributed by atoms with van der Waals surface area (Å²) in [4.78, 5) is 12.5. The molecule has 0 aliphatic rings. The first-order valence-corrected chi connectivity index (χ1v) is 9.07. The second-order valence-electron chi connectivity index (χ2n) is 6.72. The fourth-order valence-corrected chi connectivity index (χ4v) is 2.84. The number of carbonyl (C=O) groups is 1. The van der Waals surface area contributed by atoms with Crippen LogP contribution in [-0.4, -0.2) is 18.1 Å². The van der Waals surface area contributed by atoms with E-state index in [1.165, 1.54) is 11.1 Å². The highest BCUT2D eigenvalue weighted by molar-refractivity contribution is 5.81. The number of benzene rings is 2. The van der Waals surface area contributed by atoms with E-state index in [1.54, 1.807) is 0 Å². The largest absolute Gasteiger partial charge is 0.480 e.